The molecule has 0 fully saturated rings. The van der Waals surface area contributed by atoms with Crippen LogP contribution in [0.15, 0.2) is 23.1 Å². The van der Waals surface area contributed by atoms with Crippen molar-refractivity contribution in [2.45, 2.75) is 24.3 Å². The summed E-state index contributed by atoms with van der Waals surface area (Å²) in [5.41, 5.74) is -0.129. The van der Waals surface area contributed by atoms with Gasteiger partial charge in [0.25, 0.3) is 0 Å². The first-order valence-electron chi connectivity index (χ1n) is 6.67. The standard InChI is InChI=1S/C13H17FN4O3S2/c1-8-16-13(12(19)5-6-22-2)18(17-8)11-7-9(23(15,20)21)3-4-10(11)14/h3-4,7,12,19H,5-6H2,1-2H3,(H2,15,20,21)/t12-/m0/s1. The number of hydrogen-bond donors (Lipinski definition) is 2. The Kier molecular flexibility index (Phi) is 5.40. The van der Waals surface area contributed by atoms with Gasteiger partial charge in [-0.1, -0.05) is 0 Å². The number of aliphatic hydroxyl groups is 1. The van der Waals surface area contributed by atoms with Crippen LogP contribution in [0, 0.1) is 12.7 Å². The smallest absolute Gasteiger partial charge is 0.238 e. The molecule has 0 radical (unpaired) electrons. The Morgan fingerprint density at radius 3 is 2.78 bits per heavy atom. The maximum absolute atomic E-state index is 14.1. The van der Waals surface area contributed by atoms with Crippen LogP contribution >= 0.6 is 11.8 Å². The molecule has 0 unspecified atom stereocenters. The molecule has 10 heteroatoms. The van der Waals surface area contributed by atoms with Crippen LogP contribution in [0.3, 0.4) is 0 Å². The molecular formula is C13H17FN4O3S2. The number of benzene rings is 1. The molecule has 2 rings (SSSR count). The van der Waals surface area contributed by atoms with Crippen molar-refractivity contribution in [1.82, 2.24) is 14.8 Å². The fourth-order valence-corrected chi connectivity index (χ4v) is 3.01. The van der Waals surface area contributed by atoms with E-state index in [2.05, 4.69) is 10.1 Å². The van der Waals surface area contributed by atoms with Gasteiger partial charge in [-0.2, -0.15) is 16.9 Å². The van der Waals surface area contributed by atoms with Gasteiger partial charge in [-0.05, 0) is 43.6 Å². The molecule has 1 aromatic heterocycles. The van der Waals surface area contributed by atoms with E-state index >= 15 is 0 Å². The molecule has 1 aromatic carbocycles. The SMILES string of the molecule is CSCC[C@H](O)c1nc(C)nn1-c1cc(S(N)(=O)=O)ccc1F. The molecular weight excluding hydrogens is 343 g/mol. The van der Waals surface area contributed by atoms with Gasteiger partial charge in [-0.3, -0.25) is 0 Å². The molecule has 0 aliphatic heterocycles. The molecule has 7 nitrogen and oxygen atoms in total. The van der Waals surface area contributed by atoms with Gasteiger partial charge in [-0.25, -0.2) is 27.6 Å². The first-order chi connectivity index (χ1) is 10.7. The van der Waals surface area contributed by atoms with E-state index in [0.717, 1.165) is 22.9 Å². The average molecular weight is 360 g/mol. The summed E-state index contributed by atoms with van der Waals surface area (Å²) in [6.45, 7) is 1.60. The summed E-state index contributed by atoms with van der Waals surface area (Å²) in [6, 6.07) is 3.13. The van der Waals surface area contributed by atoms with Crippen molar-refractivity contribution in [3.05, 3.63) is 35.7 Å². The summed E-state index contributed by atoms with van der Waals surface area (Å²) in [4.78, 5) is 3.87. The van der Waals surface area contributed by atoms with Crippen LogP contribution in [-0.2, 0) is 10.0 Å². The second kappa shape index (κ2) is 6.95. The maximum Gasteiger partial charge on any atom is 0.238 e. The number of aliphatic hydroxyl groups excluding tert-OH is 1. The van der Waals surface area contributed by atoms with E-state index in [1.54, 1.807) is 18.7 Å². The number of halogens is 1. The Morgan fingerprint density at radius 1 is 1.48 bits per heavy atom. The summed E-state index contributed by atoms with van der Waals surface area (Å²) < 4.78 is 38.2. The third kappa shape index (κ3) is 4.08. The number of primary sulfonamides is 1. The van der Waals surface area contributed by atoms with Gasteiger partial charge in [0.05, 0.1) is 4.90 Å². The van der Waals surface area contributed by atoms with Crippen molar-refractivity contribution in [3.8, 4) is 5.69 Å². The van der Waals surface area contributed by atoms with Crippen molar-refractivity contribution in [2.75, 3.05) is 12.0 Å². The van der Waals surface area contributed by atoms with Crippen LogP contribution in [0.25, 0.3) is 5.69 Å². The number of hydrogen-bond acceptors (Lipinski definition) is 6. The summed E-state index contributed by atoms with van der Waals surface area (Å²) in [5, 5.41) is 19.4. The molecule has 0 aliphatic rings. The van der Waals surface area contributed by atoms with Gasteiger partial charge in [0.2, 0.25) is 10.0 Å². The first-order valence-corrected chi connectivity index (χ1v) is 9.61. The van der Waals surface area contributed by atoms with Crippen molar-refractivity contribution >= 4 is 21.8 Å². The second-order valence-corrected chi connectivity index (χ2v) is 7.43. The Labute approximate surface area is 137 Å². The van der Waals surface area contributed by atoms with E-state index in [1.807, 2.05) is 6.26 Å². The predicted octanol–water partition coefficient (Wildman–Crippen LogP) is 1.15. The van der Waals surface area contributed by atoms with E-state index in [0.29, 0.717) is 18.0 Å². The maximum atomic E-state index is 14.1. The zero-order valence-electron chi connectivity index (χ0n) is 12.6. The van der Waals surface area contributed by atoms with E-state index < -0.39 is 21.9 Å². The van der Waals surface area contributed by atoms with E-state index in [1.165, 1.54) is 0 Å². The molecule has 0 saturated carbocycles. The molecule has 0 bridgehead atoms. The Bertz CT molecular complexity index is 808. The lowest BCUT2D eigenvalue weighted by Crippen LogP contribution is -2.15. The van der Waals surface area contributed by atoms with Crippen molar-refractivity contribution in [3.63, 3.8) is 0 Å². The molecule has 0 aliphatic carbocycles. The molecule has 1 heterocycles. The molecule has 0 saturated heterocycles. The minimum Gasteiger partial charge on any atom is -0.385 e. The molecule has 0 amide bonds. The normalized spacial score (nSPS) is 13.3. The van der Waals surface area contributed by atoms with E-state index in [9.17, 15) is 17.9 Å². The molecule has 126 valence electrons. The van der Waals surface area contributed by atoms with Crippen molar-refractivity contribution in [1.29, 1.82) is 0 Å². The average Bonchev–Trinajstić information content (AvgIpc) is 2.85. The van der Waals surface area contributed by atoms with Crippen LogP contribution in [0.2, 0.25) is 0 Å². The Hall–Kier alpha value is -1.49. The van der Waals surface area contributed by atoms with Gasteiger partial charge in [0, 0.05) is 0 Å². The monoisotopic (exact) mass is 360 g/mol. The number of thioether (sulfide) groups is 1. The highest BCUT2D eigenvalue weighted by Crippen LogP contribution is 2.23. The Morgan fingerprint density at radius 2 is 2.17 bits per heavy atom. The highest BCUT2D eigenvalue weighted by atomic mass is 32.2. The summed E-state index contributed by atoms with van der Waals surface area (Å²) in [5.74, 6) is 0.485. The fraction of sp³-hybridized carbons (Fsp3) is 0.385. The molecule has 3 N–H and O–H groups in total. The van der Waals surface area contributed by atoms with E-state index in [4.69, 9.17) is 5.14 Å². The summed E-state index contributed by atoms with van der Waals surface area (Å²) in [7, 11) is -3.98. The summed E-state index contributed by atoms with van der Waals surface area (Å²) >= 11 is 1.55. The lowest BCUT2D eigenvalue weighted by Gasteiger charge is -2.12. The van der Waals surface area contributed by atoms with Crippen LogP contribution in [0.5, 0.6) is 0 Å². The number of rotatable bonds is 6. The largest absolute Gasteiger partial charge is 0.385 e. The van der Waals surface area contributed by atoms with Crippen LogP contribution < -0.4 is 5.14 Å². The molecule has 2 aromatic rings. The van der Waals surface area contributed by atoms with Crippen LogP contribution in [-0.4, -0.2) is 40.3 Å². The van der Waals surface area contributed by atoms with Crippen molar-refractivity contribution in [2.24, 2.45) is 5.14 Å². The van der Waals surface area contributed by atoms with Gasteiger partial charge in [-0.15, -0.1) is 0 Å². The lowest BCUT2D eigenvalue weighted by atomic mass is 10.2. The van der Waals surface area contributed by atoms with Gasteiger partial charge >= 0.3 is 0 Å². The Balaban J connectivity index is 2.54. The second-order valence-electron chi connectivity index (χ2n) is 4.88. The first kappa shape index (κ1) is 17.9. The fourth-order valence-electron chi connectivity index (χ4n) is 2.01. The zero-order chi connectivity index (χ0) is 17.2. The van der Waals surface area contributed by atoms with Gasteiger partial charge in [0.1, 0.15) is 23.4 Å². The highest BCUT2D eigenvalue weighted by molar-refractivity contribution is 7.98. The topological polar surface area (TPSA) is 111 Å². The van der Waals surface area contributed by atoms with E-state index in [-0.39, 0.29) is 16.4 Å². The molecule has 0 spiro atoms. The van der Waals surface area contributed by atoms with Crippen molar-refractivity contribution < 1.29 is 17.9 Å². The molecule has 1 atom stereocenters. The third-order valence-electron chi connectivity index (χ3n) is 3.11. The quantitative estimate of drug-likeness (QED) is 0.799. The number of aromatic nitrogens is 3. The van der Waals surface area contributed by atoms with Crippen LogP contribution in [0.4, 0.5) is 4.39 Å². The minimum absolute atomic E-state index is 0.129. The number of aryl methyl sites for hydroxylation is 1. The lowest BCUT2D eigenvalue weighted by molar-refractivity contribution is 0.162. The third-order valence-corrected chi connectivity index (χ3v) is 4.66. The summed E-state index contributed by atoms with van der Waals surface area (Å²) in [6.07, 6.45) is 1.37. The number of nitrogens with zero attached hydrogens (tertiary/aromatic N) is 3. The predicted molar refractivity (Wildman–Crippen MR) is 85.4 cm³/mol. The van der Waals surface area contributed by atoms with Gasteiger partial charge < -0.3 is 5.11 Å². The highest BCUT2D eigenvalue weighted by Gasteiger charge is 2.21. The zero-order valence-corrected chi connectivity index (χ0v) is 14.2. The molecule has 23 heavy (non-hydrogen) atoms. The minimum atomic E-state index is -3.98. The van der Waals surface area contributed by atoms with Gasteiger partial charge in [0.15, 0.2) is 5.82 Å². The van der Waals surface area contributed by atoms with Crippen LogP contribution in [0.1, 0.15) is 24.2 Å². The number of sulfonamides is 1. The number of nitrogens with two attached hydrogens (primary N) is 1.